The van der Waals surface area contributed by atoms with Gasteiger partial charge in [0.25, 0.3) is 5.79 Å². The van der Waals surface area contributed by atoms with Crippen LogP contribution in [0.3, 0.4) is 0 Å². The summed E-state index contributed by atoms with van der Waals surface area (Å²) in [5.74, 6) is -11.3. The van der Waals surface area contributed by atoms with E-state index in [2.05, 4.69) is 31.9 Å². The van der Waals surface area contributed by atoms with Crippen molar-refractivity contribution in [1.29, 1.82) is 0 Å². The van der Waals surface area contributed by atoms with E-state index >= 15 is 0 Å². The van der Waals surface area contributed by atoms with Gasteiger partial charge in [-0.15, -0.1) is 0 Å². The monoisotopic (exact) mass is 2100 g/mol. The van der Waals surface area contributed by atoms with Crippen LogP contribution in [0.25, 0.3) is 0 Å². The first-order valence-electron chi connectivity index (χ1n) is 46.0. The standard InChI is InChI=1S/C81H134N6O57/c1-19-43(103)54(114)57(117)75(126-19)140-66-42(87-26(8)100)74(139-64-41(86-25(7)99)70(121)128-36(49(64)109)18-125-81(80(122)123)9-27(101)37(82-21(3)95)65(144-81)45(105)28(102)10-88)134-34(16-94)63(66)138-78-60(120)67(141-73-40(85-24(6)98)53(113)61(33(15-93)133-73)136-77-59(119)56(116)47(107)30(12-90)130-77)50(110)35(135-78)17-124-71-39(84-23(5)97)52(112)62(32(14-92)132-71)137-79-69(143-76-58(118)55(115)44(104)20(2)127-76)68(48(108)31(13-91)131-79)142-72-38(83-22(4)96)51(111)46(106)29(11-89)129-72/h19-20,27-79,88-94,101-121H,9-18H2,1-8H3,(H,82,95)(H,83,96)(H,84,97)(H,85,98)(H,86,99)(H,87,100)(H,122,123)/t19-,20-,27-,28+,29+,30+,31+,32+,33+,34+,35+,36+,37+,38+,39+,40+,41+,42+,43+,44+,45+,46-,47-,48-,49-,50-,51+,52+,53+,54+,55+,56-,57-,58-,59+,60+,61+,62+,63+,64+,65+,66+,67-,68-,69+,70+,71+,72-,73-,74-,75-,76-,77-,78-,79-,81?/m0/s1. The van der Waals surface area contributed by atoms with Crippen molar-refractivity contribution in [1.82, 2.24) is 31.9 Å². The fraction of sp³-hybridized carbons (Fsp3) is 0.914. The molecule has 63 heteroatoms. The zero-order valence-corrected chi connectivity index (χ0v) is 78.2. The van der Waals surface area contributed by atoms with Crippen molar-refractivity contribution in [3.8, 4) is 0 Å². The molecule has 830 valence electrons. The van der Waals surface area contributed by atoms with Crippen LogP contribution in [0.1, 0.15) is 61.8 Å². The normalized spacial score (nSPS) is 47.5. The third kappa shape index (κ3) is 26.4. The molecule has 11 saturated heterocycles. The molecule has 11 rings (SSSR count). The van der Waals surface area contributed by atoms with E-state index in [1.54, 1.807) is 0 Å². The van der Waals surface area contributed by atoms with Crippen molar-refractivity contribution in [2.75, 3.05) is 59.5 Å². The van der Waals surface area contributed by atoms with Gasteiger partial charge in [-0.05, 0) is 13.8 Å². The minimum atomic E-state index is -3.18. The fourth-order valence-corrected chi connectivity index (χ4v) is 18.7. The SMILES string of the molecule is CC(=O)N[C@@H]1[C@@H](O[C@@H]2O[C@H](CO)[C@@H](O[C@@H]3O[C@H](CO[C@@H]4O[C@H](CO)[C@@H](O[C@@H]5O[C@H](CO)[C@H](O)[C@H](O[C@@H]6O[C@H](CO)[C@H](O)[C@H](O)[C@H]6NC(C)=O)[C@H]5O[C@@H]5O[C@@H](C)[C@@H](O)[C@@H](O)[C@@H]5O)[C@H](O)[C@H]4NC(C)=O)[C@H](O)[C@H](O[C@@H]4O[C@H](CO)[C@@H](O[C@@H]5O[C@H](CO)[C@H](O)[C@H](O)[C@H]5O)[C@H](O)[C@H]4NC(C)=O)[C@H]3O)[C@H](O[C@@H]3O[C@@H](C)[C@@H](O)[C@@H](O)[C@@H]3O)[C@H]2NC(C)=O)[C@@H](O)[C@@H](COC2(C(=O)O)C[C@H](O)[C@@H](NC(C)=O)[C@H]([C@H](O)[C@H](O)CO)O2)O[C@H]1O. The summed E-state index contributed by atoms with van der Waals surface area (Å²) in [5.41, 5.74) is 0. The van der Waals surface area contributed by atoms with Gasteiger partial charge in [-0.25, -0.2) is 4.79 Å². The zero-order valence-electron chi connectivity index (χ0n) is 78.2. The molecule has 0 aromatic rings. The molecular formula is C81H134N6O57. The average molecular weight is 2100 g/mol. The molecule has 0 bridgehead atoms. The number of hydrogen-bond donors (Lipinski definition) is 35. The van der Waals surface area contributed by atoms with Crippen molar-refractivity contribution in [3.05, 3.63) is 0 Å². The van der Waals surface area contributed by atoms with Gasteiger partial charge in [0.05, 0.1) is 83.8 Å². The highest BCUT2D eigenvalue weighted by Gasteiger charge is 2.65. The van der Waals surface area contributed by atoms with E-state index in [9.17, 15) is 182 Å². The van der Waals surface area contributed by atoms with Crippen LogP contribution in [0, 0.1) is 0 Å². The predicted molar refractivity (Wildman–Crippen MR) is 446 cm³/mol. The van der Waals surface area contributed by atoms with Crippen LogP contribution in [0.5, 0.6) is 0 Å². The highest BCUT2D eigenvalue weighted by atomic mass is 16.8. The number of carbonyl (C=O) groups is 7. The smallest absolute Gasteiger partial charge is 0.364 e. The van der Waals surface area contributed by atoms with Gasteiger partial charge >= 0.3 is 5.97 Å². The van der Waals surface area contributed by atoms with Gasteiger partial charge in [0.15, 0.2) is 62.9 Å². The lowest BCUT2D eigenvalue weighted by Gasteiger charge is -2.52. The number of carboxylic acids is 1. The molecule has 0 aromatic carbocycles. The first-order valence-corrected chi connectivity index (χ1v) is 46.0. The predicted octanol–water partition coefficient (Wildman–Crippen LogP) is -22.9. The number of nitrogens with one attached hydrogen (secondary N) is 6. The summed E-state index contributed by atoms with van der Waals surface area (Å²) in [6.07, 6.45) is -108. The number of carboxylic acid groups (broad SMARTS) is 1. The average Bonchev–Trinajstić information content (AvgIpc) is 0.750. The molecule has 0 radical (unpaired) electrons. The maximum atomic E-state index is 14.0. The van der Waals surface area contributed by atoms with Crippen LogP contribution in [0.4, 0.5) is 0 Å². The first-order chi connectivity index (χ1) is 67.8. The molecule has 11 aliphatic rings. The Bertz CT molecular complexity index is 4120. The van der Waals surface area contributed by atoms with E-state index in [0.29, 0.717) is 0 Å². The van der Waals surface area contributed by atoms with Gasteiger partial charge in [-0.2, -0.15) is 0 Å². The molecule has 56 atom stereocenters. The second-order valence-corrected chi connectivity index (χ2v) is 36.7. The number of hydrogen-bond acceptors (Lipinski definition) is 56. The quantitative estimate of drug-likeness (QED) is 0.0273. The molecule has 1 unspecified atom stereocenters. The van der Waals surface area contributed by atoms with E-state index in [-0.39, 0.29) is 0 Å². The second-order valence-electron chi connectivity index (χ2n) is 36.7. The Hall–Kier alpha value is -5.67. The Morgan fingerprint density at radius 1 is 0.299 bits per heavy atom. The largest absolute Gasteiger partial charge is 0.477 e. The van der Waals surface area contributed by atoms with Gasteiger partial charge in [0, 0.05) is 48.0 Å². The van der Waals surface area contributed by atoms with E-state index in [1.807, 2.05) is 0 Å². The van der Waals surface area contributed by atoms with Crippen LogP contribution < -0.4 is 31.9 Å². The summed E-state index contributed by atoms with van der Waals surface area (Å²) in [5, 5.41) is 343. The summed E-state index contributed by atoms with van der Waals surface area (Å²) < 4.78 is 128. The van der Waals surface area contributed by atoms with Crippen molar-refractivity contribution in [2.45, 2.75) is 405 Å². The molecule has 6 amide bonds. The Balaban J connectivity index is 0.967. The number of aliphatic hydroxyl groups excluding tert-OH is 28. The van der Waals surface area contributed by atoms with Gasteiger partial charge < -0.3 is 279 Å². The molecule has 0 aromatic heterocycles. The number of aliphatic hydroxyl groups is 28. The van der Waals surface area contributed by atoms with E-state index in [4.69, 9.17) is 99.5 Å². The summed E-state index contributed by atoms with van der Waals surface area (Å²) in [7, 11) is 0. The maximum absolute atomic E-state index is 14.0. The van der Waals surface area contributed by atoms with Gasteiger partial charge in [0.2, 0.25) is 35.4 Å². The van der Waals surface area contributed by atoms with Crippen LogP contribution in [-0.2, 0) is 133 Å². The van der Waals surface area contributed by atoms with Crippen molar-refractivity contribution < 1.29 is 281 Å². The molecule has 11 fully saturated rings. The summed E-state index contributed by atoms with van der Waals surface area (Å²) in [4.78, 5) is 92.4. The fourth-order valence-electron chi connectivity index (χ4n) is 18.7. The Labute approximate surface area is 816 Å². The van der Waals surface area contributed by atoms with Crippen LogP contribution in [0.15, 0.2) is 0 Å². The molecular weight excluding hydrogens is 1970 g/mol. The molecule has 0 spiro atoms. The summed E-state index contributed by atoms with van der Waals surface area (Å²) in [6.45, 7) is -3.22. The first kappa shape index (κ1) is 119. The highest BCUT2D eigenvalue weighted by Crippen LogP contribution is 2.44. The molecule has 35 N–H and O–H groups in total. The van der Waals surface area contributed by atoms with Crippen LogP contribution >= 0.6 is 0 Å². The Morgan fingerprint density at radius 3 is 1.12 bits per heavy atom. The van der Waals surface area contributed by atoms with Crippen molar-refractivity contribution in [3.63, 3.8) is 0 Å². The molecule has 11 aliphatic heterocycles. The molecule has 0 aliphatic carbocycles. The molecule has 63 nitrogen and oxygen atoms in total. The van der Waals surface area contributed by atoms with Crippen LogP contribution in [-0.4, -0.2) is 592 Å². The number of amides is 6. The van der Waals surface area contributed by atoms with E-state index in [1.165, 1.54) is 6.92 Å². The van der Waals surface area contributed by atoms with E-state index < -0.39 is 450 Å². The molecule has 0 saturated carbocycles. The Morgan fingerprint density at radius 2 is 0.632 bits per heavy atom. The van der Waals surface area contributed by atoms with Gasteiger partial charge in [-0.1, -0.05) is 0 Å². The second kappa shape index (κ2) is 51.2. The lowest BCUT2D eigenvalue weighted by molar-refractivity contribution is -0.400. The lowest BCUT2D eigenvalue weighted by atomic mass is 9.88. The lowest BCUT2D eigenvalue weighted by Crippen LogP contribution is -2.72. The third-order valence-corrected chi connectivity index (χ3v) is 26.3. The van der Waals surface area contributed by atoms with Crippen molar-refractivity contribution in [2.24, 2.45) is 0 Å². The minimum Gasteiger partial charge on any atom is -0.477 e. The Kier molecular flexibility index (Phi) is 42.1. The number of ether oxygens (including phenoxy) is 21. The number of aliphatic carboxylic acids is 1. The van der Waals surface area contributed by atoms with E-state index in [0.717, 1.165) is 48.5 Å². The van der Waals surface area contributed by atoms with Crippen molar-refractivity contribution >= 4 is 41.4 Å². The molecule has 144 heavy (non-hydrogen) atoms. The topological polar surface area (TPSA) is 972 Å². The number of rotatable bonds is 38. The van der Waals surface area contributed by atoms with Gasteiger partial charge in [-0.3, -0.25) is 28.8 Å². The zero-order chi connectivity index (χ0) is 106. The summed E-state index contributed by atoms with van der Waals surface area (Å²) in [6, 6.07) is -12.0. The molecule has 11 heterocycles. The third-order valence-electron chi connectivity index (χ3n) is 26.3. The van der Waals surface area contributed by atoms with Crippen LogP contribution in [0.2, 0.25) is 0 Å². The summed E-state index contributed by atoms with van der Waals surface area (Å²) >= 11 is 0. The highest BCUT2D eigenvalue weighted by molar-refractivity contribution is 5.77. The number of carbonyl (C=O) groups excluding carboxylic acids is 6. The minimum absolute atomic E-state index is 0.846. The maximum Gasteiger partial charge on any atom is 0.364 e. The van der Waals surface area contributed by atoms with Gasteiger partial charge in [0.1, 0.15) is 250 Å².